The maximum absolute atomic E-state index is 13.9. The molecule has 3 aromatic rings. The van der Waals surface area contributed by atoms with E-state index in [1.54, 1.807) is 0 Å². The van der Waals surface area contributed by atoms with Gasteiger partial charge in [0.15, 0.2) is 0 Å². The summed E-state index contributed by atoms with van der Waals surface area (Å²) in [7, 11) is -1.17. The van der Waals surface area contributed by atoms with Gasteiger partial charge in [0.25, 0.3) is 0 Å². The van der Waals surface area contributed by atoms with Gasteiger partial charge in [0.05, 0.1) is 10.5 Å². The van der Waals surface area contributed by atoms with Crippen molar-refractivity contribution >= 4 is 27.6 Å². The Morgan fingerprint density at radius 2 is 1.90 bits per heavy atom. The summed E-state index contributed by atoms with van der Waals surface area (Å²) < 4.78 is 67.3. The predicted octanol–water partition coefficient (Wildman–Crippen LogP) is 3.57. The molecule has 0 radical (unpaired) electrons. The minimum absolute atomic E-state index is 0.00231. The van der Waals surface area contributed by atoms with E-state index in [2.05, 4.69) is 15.2 Å². The fourth-order valence-electron chi connectivity index (χ4n) is 2.89. The Morgan fingerprint density at radius 1 is 1.20 bits per heavy atom. The van der Waals surface area contributed by atoms with Crippen LogP contribution in [0.2, 0.25) is 5.02 Å². The Morgan fingerprint density at radius 3 is 2.47 bits per heavy atom. The van der Waals surface area contributed by atoms with Crippen LogP contribution in [0.4, 0.5) is 19.1 Å². The van der Waals surface area contributed by atoms with Gasteiger partial charge in [-0.05, 0) is 35.4 Å². The van der Waals surface area contributed by atoms with Crippen molar-refractivity contribution < 1.29 is 21.6 Å². The summed E-state index contributed by atoms with van der Waals surface area (Å²) >= 11 is 6.24. The van der Waals surface area contributed by atoms with Gasteiger partial charge in [-0.3, -0.25) is 5.10 Å². The van der Waals surface area contributed by atoms with Crippen molar-refractivity contribution in [2.45, 2.75) is 17.5 Å². The number of hydrogen-bond acceptors (Lipinski definition) is 5. The summed E-state index contributed by atoms with van der Waals surface area (Å²) in [6, 6.07) is 7.55. The normalized spacial score (nSPS) is 12.5. The van der Waals surface area contributed by atoms with E-state index in [9.17, 15) is 21.6 Å². The predicted molar refractivity (Wildman–Crippen MR) is 106 cm³/mol. The molecule has 1 heterocycles. The van der Waals surface area contributed by atoms with Gasteiger partial charge >= 0.3 is 6.18 Å². The molecule has 30 heavy (non-hydrogen) atoms. The largest absolute Gasteiger partial charge is 0.417 e. The second-order valence-corrected chi connectivity index (χ2v) is 9.19. The van der Waals surface area contributed by atoms with Crippen LogP contribution in [0.1, 0.15) is 17.0 Å². The van der Waals surface area contributed by atoms with Gasteiger partial charge in [-0.2, -0.15) is 18.2 Å². The first-order valence-electron chi connectivity index (χ1n) is 8.49. The van der Waals surface area contributed by atoms with E-state index in [1.165, 1.54) is 44.4 Å². The van der Waals surface area contributed by atoms with Crippen LogP contribution in [-0.4, -0.2) is 42.0 Å². The number of halogens is 4. The van der Waals surface area contributed by atoms with E-state index in [1.807, 2.05) is 0 Å². The summed E-state index contributed by atoms with van der Waals surface area (Å²) in [6.07, 6.45) is -4.73. The van der Waals surface area contributed by atoms with Crippen molar-refractivity contribution in [1.82, 2.24) is 19.5 Å². The molecular weight excluding hydrogens is 443 g/mol. The number of rotatable bonds is 5. The van der Waals surface area contributed by atoms with E-state index in [0.29, 0.717) is 0 Å². The number of H-pyrrole nitrogens is 1. The van der Waals surface area contributed by atoms with Crippen molar-refractivity contribution in [2.24, 2.45) is 0 Å². The number of nitrogen functional groups attached to an aromatic ring is 1. The van der Waals surface area contributed by atoms with E-state index >= 15 is 0 Å². The van der Waals surface area contributed by atoms with Crippen LogP contribution in [-0.2, 0) is 22.6 Å². The first-order valence-corrected chi connectivity index (χ1v) is 10.3. The highest BCUT2D eigenvalue weighted by atomic mass is 35.5. The number of nitrogens with zero attached hydrogens (tertiary/aromatic N) is 3. The number of benzene rings is 2. The molecule has 0 unspecified atom stereocenters. The molecule has 0 bridgehead atoms. The lowest BCUT2D eigenvalue weighted by molar-refractivity contribution is -0.137. The van der Waals surface area contributed by atoms with E-state index in [4.69, 9.17) is 17.3 Å². The smallest absolute Gasteiger partial charge is 0.367 e. The van der Waals surface area contributed by atoms with Crippen molar-refractivity contribution in [1.29, 1.82) is 0 Å². The molecule has 0 saturated carbocycles. The highest BCUT2D eigenvalue weighted by Crippen LogP contribution is 2.42. The van der Waals surface area contributed by atoms with Crippen LogP contribution in [0.3, 0.4) is 0 Å². The maximum atomic E-state index is 13.9. The fourth-order valence-corrected chi connectivity index (χ4v) is 4.19. The van der Waals surface area contributed by atoms with Gasteiger partial charge in [0.2, 0.25) is 16.0 Å². The summed E-state index contributed by atoms with van der Waals surface area (Å²) in [6.45, 7) is 0. The second-order valence-electron chi connectivity index (χ2n) is 6.63. The number of nitrogens with one attached hydrogen (secondary N) is 1. The molecule has 0 amide bonds. The summed E-state index contributed by atoms with van der Waals surface area (Å²) in [5.41, 5.74) is 4.40. The number of nitrogens with two attached hydrogens (primary N) is 1. The van der Waals surface area contributed by atoms with Crippen LogP contribution in [0, 0.1) is 0 Å². The molecule has 12 heteroatoms. The highest BCUT2D eigenvalue weighted by Gasteiger charge is 2.35. The topological polar surface area (TPSA) is 105 Å². The quantitative estimate of drug-likeness (QED) is 0.607. The van der Waals surface area contributed by atoms with Crippen LogP contribution in [0.5, 0.6) is 0 Å². The van der Waals surface area contributed by atoms with Gasteiger partial charge in [-0.1, -0.05) is 23.7 Å². The zero-order valence-electron chi connectivity index (χ0n) is 15.8. The van der Waals surface area contributed by atoms with Crippen molar-refractivity contribution in [3.05, 3.63) is 58.4 Å². The molecule has 3 N–H and O–H groups in total. The molecule has 0 atom stereocenters. The van der Waals surface area contributed by atoms with Crippen molar-refractivity contribution in [2.75, 3.05) is 19.8 Å². The molecule has 0 aliphatic carbocycles. The monoisotopic (exact) mass is 459 g/mol. The zero-order chi connectivity index (χ0) is 22.3. The number of aromatic nitrogens is 3. The lowest BCUT2D eigenvalue weighted by atomic mass is 9.96. The first-order chi connectivity index (χ1) is 13.9. The molecule has 160 valence electrons. The van der Waals surface area contributed by atoms with Gasteiger partial charge < -0.3 is 5.73 Å². The average molecular weight is 460 g/mol. The summed E-state index contributed by atoms with van der Waals surface area (Å²) in [4.78, 5) is 3.74. The number of aromatic amines is 1. The van der Waals surface area contributed by atoms with Crippen LogP contribution in [0.25, 0.3) is 11.1 Å². The highest BCUT2D eigenvalue weighted by molar-refractivity contribution is 7.89. The standard InChI is InChI=1S/C18H17ClF3N5O2S/c1-27(2)30(28,29)12-5-3-4-11(9-12)16-13(18(20,21)22)6-10(7-14(16)19)8-15-24-17(23)26-25-15/h3-7,9H,8H2,1-2H3,(H3,23,24,25,26). The maximum Gasteiger partial charge on any atom is 0.417 e. The Kier molecular flexibility index (Phi) is 5.81. The molecule has 0 spiro atoms. The number of sulfonamides is 1. The van der Waals surface area contributed by atoms with Gasteiger partial charge in [0, 0.05) is 31.1 Å². The SMILES string of the molecule is CN(C)S(=O)(=O)c1cccc(-c2c(Cl)cc(Cc3nc(N)n[nH]3)cc2C(F)(F)F)c1. The van der Waals surface area contributed by atoms with Crippen molar-refractivity contribution in [3.63, 3.8) is 0 Å². The Balaban J connectivity index is 2.15. The van der Waals surface area contributed by atoms with E-state index in [0.717, 1.165) is 10.4 Å². The number of hydrogen-bond donors (Lipinski definition) is 2. The third-order valence-electron chi connectivity index (χ3n) is 4.28. The van der Waals surface area contributed by atoms with E-state index < -0.39 is 21.8 Å². The van der Waals surface area contributed by atoms with Crippen LogP contribution >= 0.6 is 11.6 Å². The second kappa shape index (κ2) is 7.89. The third kappa shape index (κ3) is 4.42. The average Bonchev–Trinajstić information content (AvgIpc) is 3.05. The van der Waals surface area contributed by atoms with Crippen LogP contribution < -0.4 is 5.73 Å². The lowest BCUT2D eigenvalue weighted by Gasteiger charge is -2.18. The summed E-state index contributed by atoms with van der Waals surface area (Å²) in [5, 5.41) is 6.00. The third-order valence-corrected chi connectivity index (χ3v) is 6.39. The van der Waals surface area contributed by atoms with Crippen LogP contribution in [0.15, 0.2) is 41.3 Å². The summed E-state index contributed by atoms with van der Waals surface area (Å²) in [5.74, 6) is 0.256. The van der Waals surface area contributed by atoms with Gasteiger partial charge in [-0.25, -0.2) is 12.7 Å². The molecule has 0 aliphatic heterocycles. The number of anilines is 1. The molecular formula is C18H17ClF3N5O2S. The molecule has 2 aromatic carbocycles. The molecule has 0 aliphatic rings. The lowest BCUT2D eigenvalue weighted by Crippen LogP contribution is -2.22. The van der Waals surface area contributed by atoms with E-state index in [-0.39, 0.29) is 44.8 Å². The minimum Gasteiger partial charge on any atom is -0.367 e. The Hall–Kier alpha value is -2.63. The fraction of sp³-hybridized carbons (Fsp3) is 0.222. The molecule has 1 aromatic heterocycles. The molecule has 3 rings (SSSR count). The Labute approximate surface area is 175 Å². The minimum atomic E-state index is -4.73. The molecule has 0 fully saturated rings. The first kappa shape index (κ1) is 22.1. The van der Waals surface area contributed by atoms with Crippen molar-refractivity contribution in [3.8, 4) is 11.1 Å². The van der Waals surface area contributed by atoms with Gasteiger partial charge in [0.1, 0.15) is 5.82 Å². The number of alkyl halides is 3. The molecule has 7 nitrogen and oxygen atoms in total. The molecule has 0 saturated heterocycles. The van der Waals surface area contributed by atoms with Gasteiger partial charge in [-0.15, -0.1) is 5.10 Å². The zero-order valence-corrected chi connectivity index (χ0v) is 17.4. The Bertz CT molecular complexity index is 1190.